The lowest BCUT2D eigenvalue weighted by Crippen LogP contribution is -1.92. The van der Waals surface area contributed by atoms with E-state index in [1.165, 1.54) is 0 Å². The molecule has 0 amide bonds. The van der Waals surface area contributed by atoms with Crippen molar-refractivity contribution in [2.45, 2.75) is 0 Å². The maximum atomic E-state index is 5.40. The zero-order valence-electron chi connectivity index (χ0n) is 14.9. The van der Waals surface area contributed by atoms with Crippen LogP contribution in [0.4, 0.5) is 0 Å². The molecule has 1 aromatic heterocycles. The zero-order valence-corrected chi connectivity index (χ0v) is 14.9. The van der Waals surface area contributed by atoms with Gasteiger partial charge in [-0.1, -0.05) is 24.3 Å². The van der Waals surface area contributed by atoms with E-state index in [-0.39, 0.29) is 13.6 Å². The largest absolute Gasteiger partial charge is 0.454 e. The Morgan fingerprint density at radius 3 is 1.64 bits per heavy atom. The van der Waals surface area contributed by atoms with Crippen molar-refractivity contribution in [3.63, 3.8) is 0 Å². The molecule has 6 heteroatoms. The molecule has 0 atom stereocenters. The maximum Gasteiger partial charge on any atom is 0.231 e. The Hall–Kier alpha value is -3.80. The SMILES string of the molecule is C(=Cc1cncc(C=Cc2ccc3c(c2)OCO3)n1)c1ccc2c(c1)OCO2. The summed E-state index contributed by atoms with van der Waals surface area (Å²) >= 11 is 0. The lowest BCUT2D eigenvalue weighted by Gasteiger charge is -1.99. The molecule has 3 aromatic rings. The van der Waals surface area contributed by atoms with E-state index in [0.717, 1.165) is 45.5 Å². The summed E-state index contributed by atoms with van der Waals surface area (Å²) in [5, 5.41) is 0. The molecular weight excluding hydrogens is 356 g/mol. The number of aromatic nitrogens is 2. The predicted molar refractivity (Wildman–Crippen MR) is 105 cm³/mol. The van der Waals surface area contributed by atoms with Gasteiger partial charge in [0.2, 0.25) is 13.6 Å². The second kappa shape index (κ2) is 7.08. The Kier molecular flexibility index (Phi) is 4.14. The lowest BCUT2D eigenvalue weighted by molar-refractivity contribution is 0.173. The van der Waals surface area contributed by atoms with E-state index < -0.39 is 0 Å². The molecule has 0 fully saturated rings. The van der Waals surface area contributed by atoms with Crippen molar-refractivity contribution < 1.29 is 18.9 Å². The first kappa shape index (κ1) is 16.4. The number of hydrogen-bond acceptors (Lipinski definition) is 6. The van der Waals surface area contributed by atoms with Gasteiger partial charge in [-0.05, 0) is 47.5 Å². The summed E-state index contributed by atoms with van der Waals surface area (Å²) in [6.07, 6.45) is 11.2. The second-order valence-electron chi connectivity index (χ2n) is 6.26. The van der Waals surface area contributed by atoms with E-state index in [1.54, 1.807) is 12.4 Å². The van der Waals surface area contributed by atoms with Crippen LogP contribution in [0.2, 0.25) is 0 Å². The third kappa shape index (κ3) is 3.40. The van der Waals surface area contributed by atoms with Crippen LogP contribution in [0.15, 0.2) is 48.8 Å². The number of benzene rings is 2. The van der Waals surface area contributed by atoms with E-state index in [2.05, 4.69) is 9.97 Å². The van der Waals surface area contributed by atoms with Gasteiger partial charge in [0.15, 0.2) is 23.0 Å². The number of rotatable bonds is 4. The van der Waals surface area contributed by atoms with E-state index >= 15 is 0 Å². The average Bonchev–Trinajstić information content (AvgIpc) is 3.39. The molecule has 0 bridgehead atoms. The van der Waals surface area contributed by atoms with Crippen molar-refractivity contribution >= 4 is 24.3 Å². The van der Waals surface area contributed by atoms with Gasteiger partial charge in [-0.15, -0.1) is 0 Å². The molecule has 0 saturated carbocycles. The fourth-order valence-electron chi connectivity index (χ4n) is 2.95. The Morgan fingerprint density at radius 1 is 0.607 bits per heavy atom. The van der Waals surface area contributed by atoms with Gasteiger partial charge in [-0.25, -0.2) is 4.98 Å². The fraction of sp³-hybridized carbons (Fsp3) is 0.0909. The first-order chi connectivity index (χ1) is 13.8. The van der Waals surface area contributed by atoms with Crippen LogP contribution in [0, 0.1) is 0 Å². The van der Waals surface area contributed by atoms with E-state index in [9.17, 15) is 0 Å². The van der Waals surface area contributed by atoms with Crippen molar-refractivity contribution in [2.24, 2.45) is 0 Å². The highest BCUT2D eigenvalue weighted by molar-refractivity contribution is 5.72. The van der Waals surface area contributed by atoms with Crippen molar-refractivity contribution in [2.75, 3.05) is 13.6 Å². The molecule has 3 heterocycles. The Labute approximate surface area is 161 Å². The maximum absolute atomic E-state index is 5.40. The Balaban J connectivity index is 1.32. The third-order valence-electron chi connectivity index (χ3n) is 4.36. The average molecular weight is 372 g/mol. The van der Waals surface area contributed by atoms with Gasteiger partial charge in [0.05, 0.1) is 23.8 Å². The topological polar surface area (TPSA) is 62.7 Å². The molecule has 0 radical (unpaired) electrons. The van der Waals surface area contributed by atoms with Gasteiger partial charge < -0.3 is 18.9 Å². The van der Waals surface area contributed by atoms with Crippen LogP contribution in [0.5, 0.6) is 23.0 Å². The third-order valence-corrected chi connectivity index (χ3v) is 4.36. The zero-order chi connectivity index (χ0) is 18.8. The molecule has 2 aliphatic heterocycles. The van der Waals surface area contributed by atoms with Crippen LogP contribution in [-0.2, 0) is 0 Å². The molecular formula is C22H16N2O4. The predicted octanol–water partition coefficient (Wildman–Crippen LogP) is 4.27. The standard InChI is InChI=1S/C22H16N2O4/c1(15-3-7-19-21(9-15)27-13-25-19)5-17-11-23-12-18(24-17)6-2-16-4-8-20-22(10-16)28-14-26-20/h1-12H,13-14H2. The number of nitrogens with zero attached hydrogens (tertiary/aromatic N) is 2. The summed E-state index contributed by atoms with van der Waals surface area (Å²) in [6.45, 7) is 0.539. The van der Waals surface area contributed by atoms with E-state index in [0.29, 0.717) is 0 Å². The van der Waals surface area contributed by atoms with Crippen LogP contribution in [-0.4, -0.2) is 23.6 Å². The van der Waals surface area contributed by atoms with Crippen LogP contribution in [0.25, 0.3) is 24.3 Å². The minimum Gasteiger partial charge on any atom is -0.454 e. The molecule has 6 nitrogen and oxygen atoms in total. The van der Waals surface area contributed by atoms with Gasteiger partial charge in [-0.3, -0.25) is 4.98 Å². The molecule has 0 aliphatic carbocycles. The van der Waals surface area contributed by atoms with Crippen LogP contribution < -0.4 is 18.9 Å². The van der Waals surface area contributed by atoms with Crippen LogP contribution in [0.3, 0.4) is 0 Å². The number of hydrogen-bond donors (Lipinski definition) is 0. The normalized spacial score (nSPS) is 14.3. The first-order valence-electron chi connectivity index (χ1n) is 8.81. The molecule has 0 unspecified atom stereocenters. The summed E-state index contributed by atoms with van der Waals surface area (Å²) in [5.74, 6) is 3.06. The fourth-order valence-corrected chi connectivity index (χ4v) is 2.95. The van der Waals surface area contributed by atoms with Gasteiger partial charge in [0.1, 0.15) is 0 Å². The van der Waals surface area contributed by atoms with Gasteiger partial charge >= 0.3 is 0 Å². The second-order valence-corrected chi connectivity index (χ2v) is 6.26. The van der Waals surface area contributed by atoms with Crippen LogP contribution in [0.1, 0.15) is 22.5 Å². The monoisotopic (exact) mass is 372 g/mol. The minimum atomic E-state index is 0.270. The van der Waals surface area contributed by atoms with Crippen molar-refractivity contribution in [1.82, 2.24) is 9.97 Å². The number of ether oxygens (including phenoxy) is 4. The van der Waals surface area contributed by atoms with Crippen molar-refractivity contribution in [3.8, 4) is 23.0 Å². The molecule has 2 aromatic carbocycles. The molecule has 28 heavy (non-hydrogen) atoms. The molecule has 0 spiro atoms. The molecule has 5 rings (SSSR count). The minimum absolute atomic E-state index is 0.270. The summed E-state index contributed by atoms with van der Waals surface area (Å²) in [7, 11) is 0. The quantitative estimate of drug-likeness (QED) is 0.681. The molecule has 2 aliphatic rings. The van der Waals surface area contributed by atoms with Crippen LogP contribution >= 0.6 is 0 Å². The van der Waals surface area contributed by atoms with Gasteiger partial charge in [-0.2, -0.15) is 0 Å². The van der Waals surface area contributed by atoms with Gasteiger partial charge in [0.25, 0.3) is 0 Å². The summed E-state index contributed by atoms with van der Waals surface area (Å²) in [5.41, 5.74) is 3.55. The Bertz CT molecular complexity index is 1010. The van der Waals surface area contributed by atoms with Gasteiger partial charge in [0, 0.05) is 0 Å². The van der Waals surface area contributed by atoms with E-state index in [4.69, 9.17) is 18.9 Å². The van der Waals surface area contributed by atoms with Crippen molar-refractivity contribution in [3.05, 3.63) is 71.3 Å². The first-order valence-corrected chi connectivity index (χ1v) is 8.81. The Morgan fingerprint density at radius 2 is 1.11 bits per heavy atom. The smallest absolute Gasteiger partial charge is 0.231 e. The molecule has 0 N–H and O–H groups in total. The highest BCUT2D eigenvalue weighted by Gasteiger charge is 2.13. The summed E-state index contributed by atoms with van der Waals surface area (Å²) < 4.78 is 21.5. The summed E-state index contributed by atoms with van der Waals surface area (Å²) in [4.78, 5) is 8.87. The van der Waals surface area contributed by atoms with E-state index in [1.807, 2.05) is 60.7 Å². The van der Waals surface area contributed by atoms with Crippen molar-refractivity contribution in [1.29, 1.82) is 0 Å². The molecule has 0 saturated heterocycles. The lowest BCUT2D eigenvalue weighted by atomic mass is 10.1. The molecule has 138 valence electrons. The number of fused-ring (bicyclic) bond motifs is 2. The highest BCUT2D eigenvalue weighted by atomic mass is 16.7. The summed E-state index contributed by atoms with van der Waals surface area (Å²) in [6, 6.07) is 11.6. The highest BCUT2D eigenvalue weighted by Crippen LogP contribution is 2.33.